The van der Waals surface area contributed by atoms with Crippen molar-refractivity contribution in [2.75, 3.05) is 6.54 Å². The highest BCUT2D eigenvalue weighted by molar-refractivity contribution is 5.82. The summed E-state index contributed by atoms with van der Waals surface area (Å²) in [5.74, 6) is 0.745. The summed E-state index contributed by atoms with van der Waals surface area (Å²) in [4.78, 5) is 3.83. The summed E-state index contributed by atoms with van der Waals surface area (Å²) in [7, 11) is 0. The predicted octanol–water partition coefficient (Wildman–Crippen LogP) is -0.458. The maximum atomic E-state index is 8.38. The van der Waals surface area contributed by atoms with Gasteiger partial charge in [0.05, 0.1) is 6.54 Å². The monoisotopic (exact) mass is 199 g/mol. The molecule has 0 saturated carbocycles. The lowest BCUT2D eigenvalue weighted by molar-refractivity contribution is 0.314. The molecule has 0 aliphatic carbocycles. The van der Waals surface area contributed by atoms with Crippen LogP contribution in [0.5, 0.6) is 0 Å². The summed E-state index contributed by atoms with van der Waals surface area (Å²) in [6, 6.07) is 0. The fourth-order valence-electron chi connectivity index (χ4n) is 0.874. The second-order valence-electron chi connectivity index (χ2n) is 2.90. The van der Waals surface area contributed by atoms with Gasteiger partial charge in [0, 0.05) is 12.5 Å². The van der Waals surface area contributed by atoms with E-state index in [4.69, 9.17) is 10.9 Å². The highest BCUT2D eigenvalue weighted by atomic mass is 16.5. The van der Waals surface area contributed by atoms with Gasteiger partial charge in [0.25, 0.3) is 0 Å². The lowest BCUT2D eigenvalue weighted by atomic mass is 10.1. The minimum Gasteiger partial charge on any atom is -0.409 e. The maximum Gasteiger partial charge on any atom is 0.213 e. The number of rotatable bonds is 5. The van der Waals surface area contributed by atoms with E-state index >= 15 is 0 Å². The van der Waals surface area contributed by atoms with Crippen LogP contribution in [-0.4, -0.2) is 27.7 Å². The second kappa shape index (κ2) is 5.18. The summed E-state index contributed by atoms with van der Waals surface area (Å²) in [6.45, 7) is 2.93. The normalized spacial score (nSPS) is 14.2. The highest BCUT2D eigenvalue weighted by Gasteiger charge is 2.07. The second-order valence-corrected chi connectivity index (χ2v) is 2.90. The van der Waals surface area contributed by atoms with Crippen LogP contribution in [0.4, 0.5) is 0 Å². The largest absolute Gasteiger partial charge is 0.409 e. The Balaban J connectivity index is 2.22. The molecule has 0 aliphatic rings. The number of hydrogen-bond acceptors (Lipinski definition) is 6. The molecule has 1 aromatic rings. The molecule has 0 spiro atoms. The van der Waals surface area contributed by atoms with Gasteiger partial charge in [-0.05, 0) is 0 Å². The van der Waals surface area contributed by atoms with E-state index in [0.29, 0.717) is 18.9 Å². The minimum absolute atomic E-state index is 0.0353. The lowest BCUT2D eigenvalue weighted by Crippen LogP contribution is -2.31. The fraction of sp³-hybridized carbons (Fsp3) is 0.571. The van der Waals surface area contributed by atoms with Crippen molar-refractivity contribution in [3.8, 4) is 0 Å². The van der Waals surface area contributed by atoms with E-state index in [-0.39, 0.29) is 11.8 Å². The molecule has 1 unspecified atom stereocenters. The van der Waals surface area contributed by atoms with Gasteiger partial charge >= 0.3 is 0 Å². The van der Waals surface area contributed by atoms with Crippen LogP contribution in [0.3, 0.4) is 0 Å². The topological polar surface area (TPSA) is 110 Å². The van der Waals surface area contributed by atoms with Crippen molar-refractivity contribution in [3.05, 3.63) is 12.2 Å². The molecule has 4 N–H and O–H groups in total. The average Bonchev–Trinajstić information content (AvgIpc) is 2.69. The molecule has 0 fully saturated rings. The molecule has 14 heavy (non-hydrogen) atoms. The van der Waals surface area contributed by atoms with Gasteiger partial charge in [-0.25, -0.2) is 0 Å². The first kappa shape index (κ1) is 10.5. The van der Waals surface area contributed by atoms with E-state index < -0.39 is 0 Å². The van der Waals surface area contributed by atoms with Crippen molar-refractivity contribution < 1.29 is 9.73 Å². The number of nitrogens with one attached hydrogen (secondary N) is 1. The molecule has 0 amide bonds. The van der Waals surface area contributed by atoms with E-state index in [9.17, 15) is 0 Å². The number of oxime groups is 1. The Bertz CT molecular complexity index is 284. The third-order valence-electron chi connectivity index (χ3n) is 1.76. The van der Waals surface area contributed by atoms with E-state index in [1.165, 1.54) is 6.39 Å². The highest BCUT2D eigenvalue weighted by Crippen LogP contribution is 1.93. The molecule has 0 aromatic carbocycles. The third-order valence-corrected chi connectivity index (χ3v) is 1.76. The van der Waals surface area contributed by atoms with Crippen molar-refractivity contribution >= 4 is 5.84 Å². The number of amidine groups is 1. The summed E-state index contributed by atoms with van der Waals surface area (Å²) in [6.07, 6.45) is 1.27. The van der Waals surface area contributed by atoms with Gasteiger partial charge < -0.3 is 20.8 Å². The Labute approximate surface area is 81.0 Å². The Morgan fingerprint density at radius 1 is 1.86 bits per heavy atom. The maximum absolute atomic E-state index is 8.38. The number of nitrogens with two attached hydrogens (primary N) is 1. The van der Waals surface area contributed by atoms with Crippen molar-refractivity contribution in [1.82, 2.24) is 15.5 Å². The number of nitrogens with zero attached hydrogens (tertiary/aromatic N) is 3. The molecule has 1 atom stereocenters. The summed E-state index contributed by atoms with van der Waals surface area (Å²) >= 11 is 0. The molecule has 0 aliphatic heterocycles. The lowest BCUT2D eigenvalue weighted by Gasteiger charge is -2.08. The SMILES string of the molecule is CC(CNCc1ncon1)C(N)=NO. The third kappa shape index (κ3) is 3.02. The van der Waals surface area contributed by atoms with Crippen molar-refractivity contribution in [2.45, 2.75) is 13.5 Å². The molecule has 0 bridgehead atoms. The molecule has 1 heterocycles. The van der Waals surface area contributed by atoms with E-state index in [0.717, 1.165) is 0 Å². The zero-order chi connectivity index (χ0) is 10.4. The summed E-state index contributed by atoms with van der Waals surface area (Å²) in [5, 5.41) is 18.0. The van der Waals surface area contributed by atoms with Gasteiger partial charge in [0.15, 0.2) is 5.82 Å². The van der Waals surface area contributed by atoms with Gasteiger partial charge in [-0.1, -0.05) is 17.2 Å². The first-order valence-electron chi connectivity index (χ1n) is 4.17. The van der Waals surface area contributed by atoms with E-state index in [1.54, 1.807) is 0 Å². The van der Waals surface area contributed by atoms with Crippen LogP contribution in [0.1, 0.15) is 12.7 Å². The Kier molecular flexibility index (Phi) is 3.86. The van der Waals surface area contributed by atoms with Crippen LogP contribution in [0.25, 0.3) is 0 Å². The Morgan fingerprint density at radius 2 is 2.64 bits per heavy atom. The Hall–Kier alpha value is -1.63. The molecule has 7 heteroatoms. The molecule has 78 valence electrons. The van der Waals surface area contributed by atoms with E-state index in [1.807, 2.05) is 6.92 Å². The van der Waals surface area contributed by atoms with Crippen LogP contribution < -0.4 is 11.1 Å². The van der Waals surface area contributed by atoms with Crippen molar-refractivity contribution in [3.63, 3.8) is 0 Å². The van der Waals surface area contributed by atoms with Crippen LogP contribution in [-0.2, 0) is 6.54 Å². The molecule has 0 radical (unpaired) electrons. The molecular formula is C7H13N5O2. The van der Waals surface area contributed by atoms with Gasteiger partial charge in [-0.15, -0.1) is 0 Å². The zero-order valence-corrected chi connectivity index (χ0v) is 7.84. The van der Waals surface area contributed by atoms with Crippen LogP contribution >= 0.6 is 0 Å². The summed E-state index contributed by atoms with van der Waals surface area (Å²) < 4.78 is 4.55. The molecule has 1 rings (SSSR count). The minimum atomic E-state index is -0.0353. The Morgan fingerprint density at radius 3 is 3.21 bits per heavy atom. The fourth-order valence-corrected chi connectivity index (χ4v) is 0.874. The van der Waals surface area contributed by atoms with Crippen molar-refractivity contribution in [2.24, 2.45) is 16.8 Å². The average molecular weight is 199 g/mol. The quantitative estimate of drug-likeness (QED) is 0.256. The van der Waals surface area contributed by atoms with Crippen LogP contribution in [0.15, 0.2) is 16.1 Å². The van der Waals surface area contributed by atoms with E-state index in [2.05, 4.69) is 25.1 Å². The number of hydrogen-bond donors (Lipinski definition) is 3. The molecule has 1 aromatic heterocycles. The molecule has 0 saturated heterocycles. The first-order valence-corrected chi connectivity index (χ1v) is 4.17. The zero-order valence-electron chi connectivity index (χ0n) is 7.84. The first-order chi connectivity index (χ1) is 6.74. The smallest absolute Gasteiger partial charge is 0.213 e. The summed E-state index contributed by atoms with van der Waals surface area (Å²) in [5.41, 5.74) is 5.39. The molecule has 7 nitrogen and oxygen atoms in total. The van der Waals surface area contributed by atoms with Gasteiger partial charge in [-0.2, -0.15) is 4.98 Å². The van der Waals surface area contributed by atoms with Crippen LogP contribution in [0, 0.1) is 5.92 Å². The van der Waals surface area contributed by atoms with Crippen molar-refractivity contribution in [1.29, 1.82) is 0 Å². The van der Waals surface area contributed by atoms with Gasteiger partial charge in [0.2, 0.25) is 6.39 Å². The standard InChI is InChI=1S/C7H13N5O2/c1-5(7(8)11-13)2-9-3-6-10-4-14-12-6/h4-5,9,13H,2-3H2,1H3,(H2,8,11). The van der Waals surface area contributed by atoms with Gasteiger partial charge in [-0.3, -0.25) is 0 Å². The number of aromatic nitrogens is 2. The predicted molar refractivity (Wildman–Crippen MR) is 48.6 cm³/mol. The van der Waals surface area contributed by atoms with Gasteiger partial charge in [0.1, 0.15) is 5.84 Å². The van der Waals surface area contributed by atoms with Crippen LogP contribution in [0.2, 0.25) is 0 Å². The molecular weight excluding hydrogens is 186 g/mol.